The van der Waals surface area contributed by atoms with Gasteiger partial charge in [-0.2, -0.15) is 0 Å². The van der Waals surface area contributed by atoms with Crippen LogP contribution in [0.1, 0.15) is 25.3 Å². The first kappa shape index (κ1) is 17.9. The summed E-state index contributed by atoms with van der Waals surface area (Å²) in [5.41, 5.74) is 2.03. The molecule has 0 atom stereocenters. The van der Waals surface area contributed by atoms with E-state index in [0.717, 1.165) is 15.1 Å². The van der Waals surface area contributed by atoms with Crippen LogP contribution < -0.4 is 10.1 Å². The molecular weight excluding hydrogens is 374 g/mol. The number of halogens is 1. The van der Waals surface area contributed by atoms with Gasteiger partial charge in [-0.25, -0.2) is 0 Å². The molecule has 2 rings (SSSR count). The van der Waals surface area contributed by atoms with Crippen molar-refractivity contribution < 1.29 is 9.53 Å². The van der Waals surface area contributed by atoms with E-state index in [0.29, 0.717) is 11.7 Å². The van der Waals surface area contributed by atoms with Gasteiger partial charge in [-0.15, -0.1) is 11.8 Å². The van der Waals surface area contributed by atoms with Gasteiger partial charge in [0.2, 0.25) is 0 Å². The zero-order valence-electron chi connectivity index (χ0n) is 13.4. The van der Waals surface area contributed by atoms with Crippen molar-refractivity contribution >= 4 is 39.3 Å². The number of rotatable bonds is 6. The van der Waals surface area contributed by atoms with Gasteiger partial charge in [0.25, 0.3) is 5.91 Å². The van der Waals surface area contributed by atoms with Gasteiger partial charge in [0.15, 0.2) is 6.61 Å². The highest BCUT2D eigenvalue weighted by molar-refractivity contribution is 9.10. The Balaban J connectivity index is 1.97. The number of benzene rings is 2. The number of carbonyl (C=O) groups excluding carboxylic acids is 1. The molecule has 0 fully saturated rings. The molecule has 0 spiro atoms. The smallest absolute Gasteiger partial charge is 0.262 e. The lowest BCUT2D eigenvalue weighted by atomic mass is 10.0. The van der Waals surface area contributed by atoms with Crippen molar-refractivity contribution in [2.24, 2.45) is 0 Å². The number of nitrogens with one attached hydrogen (secondary N) is 1. The van der Waals surface area contributed by atoms with E-state index in [1.54, 1.807) is 11.8 Å². The van der Waals surface area contributed by atoms with Crippen LogP contribution in [0, 0.1) is 0 Å². The predicted octanol–water partition coefficient (Wildman–Crippen LogP) is 5.31. The second kappa shape index (κ2) is 8.41. The van der Waals surface area contributed by atoms with Crippen LogP contribution in [-0.2, 0) is 4.79 Å². The Hall–Kier alpha value is -1.46. The van der Waals surface area contributed by atoms with E-state index in [-0.39, 0.29) is 12.5 Å². The Morgan fingerprint density at radius 2 is 2.00 bits per heavy atom. The molecule has 0 bridgehead atoms. The Bertz CT molecular complexity index is 688. The van der Waals surface area contributed by atoms with Crippen molar-refractivity contribution in [1.82, 2.24) is 0 Å². The average molecular weight is 394 g/mol. The minimum absolute atomic E-state index is 0.0255. The highest BCUT2D eigenvalue weighted by Crippen LogP contribution is 2.29. The molecule has 0 aliphatic heterocycles. The summed E-state index contributed by atoms with van der Waals surface area (Å²) in [6.07, 6.45) is 1.98. The largest absolute Gasteiger partial charge is 0.483 e. The van der Waals surface area contributed by atoms with Gasteiger partial charge in [-0.1, -0.05) is 32.0 Å². The molecule has 2 aromatic carbocycles. The van der Waals surface area contributed by atoms with E-state index in [9.17, 15) is 4.79 Å². The van der Waals surface area contributed by atoms with Crippen LogP contribution in [0.5, 0.6) is 5.75 Å². The van der Waals surface area contributed by atoms with Gasteiger partial charge in [0.05, 0.1) is 10.2 Å². The first-order chi connectivity index (χ1) is 11.0. The molecule has 0 saturated carbocycles. The number of anilines is 1. The van der Waals surface area contributed by atoms with E-state index >= 15 is 0 Å². The molecule has 1 amide bonds. The maximum atomic E-state index is 12.1. The number of ether oxygens (including phenoxy) is 1. The van der Waals surface area contributed by atoms with Gasteiger partial charge in [0, 0.05) is 4.90 Å². The maximum Gasteiger partial charge on any atom is 0.262 e. The van der Waals surface area contributed by atoms with Crippen LogP contribution in [-0.4, -0.2) is 18.8 Å². The standard InChI is InChI=1S/C18H20BrNO2S/c1-12(2)13-8-9-16(14(19)10-13)22-11-18(21)20-15-6-4-5-7-17(15)23-3/h4-10,12H,11H2,1-3H3,(H,20,21). The molecule has 0 unspecified atom stereocenters. The third-order valence-corrected chi connectivity index (χ3v) is 4.78. The molecule has 0 radical (unpaired) electrons. The van der Waals surface area contributed by atoms with Crippen molar-refractivity contribution in [3.05, 3.63) is 52.5 Å². The Kier molecular flexibility index (Phi) is 6.54. The normalized spacial score (nSPS) is 10.7. The summed E-state index contributed by atoms with van der Waals surface area (Å²) in [5, 5.41) is 2.88. The molecular formula is C18H20BrNO2S. The highest BCUT2D eigenvalue weighted by Gasteiger charge is 2.09. The van der Waals surface area contributed by atoms with Crippen LogP contribution in [0.3, 0.4) is 0 Å². The summed E-state index contributed by atoms with van der Waals surface area (Å²) < 4.78 is 6.48. The lowest BCUT2D eigenvalue weighted by Crippen LogP contribution is -2.20. The monoisotopic (exact) mass is 393 g/mol. The second-order valence-corrected chi connectivity index (χ2v) is 7.08. The number of amides is 1. The summed E-state index contributed by atoms with van der Waals surface area (Å²) in [4.78, 5) is 13.1. The SMILES string of the molecule is CSc1ccccc1NC(=O)COc1ccc(C(C)C)cc1Br. The Morgan fingerprint density at radius 3 is 2.65 bits per heavy atom. The Morgan fingerprint density at radius 1 is 1.26 bits per heavy atom. The molecule has 2 aromatic rings. The number of para-hydroxylation sites is 1. The second-order valence-electron chi connectivity index (χ2n) is 5.38. The molecule has 0 heterocycles. The third-order valence-electron chi connectivity index (χ3n) is 3.36. The van der Waals surface area contributed by atoms with Crippen molar-refractivity contribution in [3.8, 4) is 5.75 Å². The number of carbonyl (C=O) groups is 1. The zero-order chi connectivity index (χ0) is 16.8. The maximum absolute atomic E-state index is 12.1. The number of hydrogen-bond donors (Lipinski definition) is 1. The molecule has 122 valence electrons. The number of hydrogen-bond acceptors (Lipinski definition) is 3. The molecule has 0 saturated heterocycles. The fourth-order valence-electron chi connectivity index (χ4n) is 2.07. The molecule has 0 aromatic heterocycles. The quantitative estimate of drug-likeness (QED) is 0.675. The van der Waals surface area contributed by atoms with E-state index in [4.69, 9.17) is 4.74 Å². The minimum atomic E-state index is -0.175. The summed E-state index contributed by atoms with van der Waals surface area (Å²) >= 11 is 5.09. The Labute approximate surface area is 149 Å². The fourth-order valence-corrected chi connectivity index (χ4v) is 3.14. The van der Waals surface area contributed by atoms with Crippen molar-refractivity contribution in [2.75, 3.05) is 18.2 Å². The topological polar surface area (TPSA) is 38.3 Å². The zero-order valence-corrected chi connectivity index (χ0v) is 15.8. The molecule has 0 aliphatic rings. The molecule has 3 nitrogen and oxygen atoms in total. The fraction of sp³-hybridized carbons (Fsp3) is 0.278. The van der Waals surface area contributed by atoms with Crippen LogP contribution in [0.25, 0.3) is 0 Å². The summed E-state index contributed by atoms with van der Waals surface area (Å²) in [6.45, 7) is 4.25. The van der Waals surface area contributed by atoms with E-state index in [2.05, 4.69) is 35.1 Å². The first-order valence-electron chi connectivity index (χ1n) is 7.36. The van der Waals surface area contributed by atoms with Gasteiger partial charge in [-0.3, -0.25) is 4.79 Å². The van der Waals surface area contributed by atoms with Gasteiger partial charge < -0.3 is 10.1 Å². The van der Waals surface area contributed by atoms with Crippen LogP contribution in [0.15, 0.2) is 51.8 Å². The van der Waals surface area contributed by atoms with Crippen LogP contribution in [0.2, 0.25) is 0 Å². The van der Waals surface area contributed by atoms with Crippen molar-refractivity contribution in [3.63, 3.8) is 0 Å². The third kappa shape index (κ3) is 5.01. The summed E-state index contributed by atoms with van der Waals surface area (Å²) in [5.74, 6) is 0.945. The highest BCUT2D eigenvalue weighted by atomic mass is 79.9. The predicted molar refractivity (Wildman–Crippen MR) is 101 cm³/mol. The summed E-state index contributed by atoms with van der Waals surface area (Å²) in [6, 6.07) is 13.7. The average Bonchev–Trinajstić information content (AvgIpc) is 2.54. The molecule has 23 heavy (non-hydrogen) atoms. The summed E-state index contributed by atoms with van der Waals surface area (Å²) in [7, 11) is 0. The first-order valence-corrected chi connectivity index (χ1v) is 9.38. The van der Waals surface area contributed by atoms with Crippen LogP contribution >= 0.6 is 27.7 Å². The lowest BCUT2D eigenvalue weighted by Gasteiger charge is -2.12. The van der Waals surface area contributed by atoms with Gasteiger partial charge >= 0.3 is 0 Å². The van der Waals surface area contributed by atoms with Crippen molar-refractivity contribution in [2.45, 2.75) is 24.7 Å². The molecule has 5 heteroatoms. The lowest BCUT2D eigenvalue weighted by molar-refractivity contribution is -0.118. The number of thioether (sulfide) groups is 1. The molecule has 0 aliphatic carbocycles. The molecule has 1 N–H and O–H groups in total. The van der Waals surface area contributed by atoms with Gasteiger partial charge in [-0.05, 0) is 57.9 Å². The van der Waals surface area contributed by atoms with E-state index < -0.39 is 0 Å². The van der Waals surface area contributed by atoms with E-state index in [1.807, 2.05) is 48.7 Å². The van der Waals surface area contributed by atoms with Crippen LogP contribution in [0.4, 0.5) is 5.69 Å². The minimum Gasteiger partial charge on any atom is -0.483 e. The van der Waals surface area contributed by atoms with E-state index in [1.165, 1.54) is 5.56 Å². The van der Waals surface area contributed by atoms with Crippen molar-refractivity contribution in [1.29, 1.82) is 0 Å². The van der Waals surface area contributed by atoms with Gasteiger partial charge in [0.1, 0.15) is 5.75 Å².